The number of methoxy groups -OCH3 is 1. The first-order chi connectivity index (χ1) is 13.6. The lowest BCUT2D eigenvalue weighted by molar-refractivity contribution is -0.139. The Morgan fingerprint density at radius 1 is 0.964 bits per heavy atom. The van der Waals surface area contributed by atoms with Crippen LogP contribution < -0.4 is 15.4 Å². The third-order valence-electron chi connectivity index (χ3n) is 3.87. The fraction of sp³-hybridized carbons (Fsp3) is 0.150. The van der Waals surface area contributed by atoms with E-state index in [1.807, 2.05) is 0 Å². The van der Waals surface area contributed by atoms with Gasteiger partial charge in [0.1, 0.15) is 5.75 Å². The molecule has 0 radical (unpaired) electrons. The summed E-state index contributed by atoms with van der Waals surface area (Å²) in [5.74, 6) is -0.700. The van der Waals surface area contributed by atoms with Gasteiger partial charge in [-0.2, -0.15) is 0 Å². The minimum absolute atomic E-state index is 0.158. The highest BCUT2D eigenvalue weighted by molar-refractivity contribution is 7.14. The number of benzene rings is 1. The molecule has 28 heavy (non-hydrogen) atoms. The molecule has 0 atom stereocenters. The number of ether oxygens (including phenoxy) is 1. The van der Waals surface area contributed by atoms with Gasteiger partial charge in [-0.3, -0.25) is 14.4 Å². The predicted molar refractivity (Wildman–Crippen MR) is 103 cm³/mol. The van der Waals surface area contributed by atoms with Crippen molar-refractivity contribution in [1.82, 2.24) is 10.6 Å². The van der Waals surface area contributed by atoms with Crippen LogP contribution in [0.3, 0.4) is 0 Å². The number of ketones is 1. The first-order valence-corrected chi connectivity index (χ1v) is 9.24. The van der Waals surface area contributed by atoms with E-state index in [1.54, 1.807) is 55.6 Å². The molecule has 1 aromatic carbocycles. The molecule has 3 aromatic rings. The van der Waals surface area contributed by atoms with Crippen LogP contribution in [0.2, 0.25) is 0 Å². The van der Waals surface area contributed by atoms with Crippen LogP contribution in [-0.4, -0.2) is 24.7 Å². The molecule has 0 unspecified atom stereocenters. The number of carbonyl (C=O) groups is 3. The lowest BCUT2D eigenvalue weighted by atomic mass is 10.2. The molecule has 3 rings (SSSR count). The summed E-state index contributed by atoms with van der Waals surface area (Å²) in [6.45, 7) is 0.391. The van der Waals surface area contributed by atoms with E-state index in [4.69, 9.17) is 9.15 Å². The highest BCUT2D eigenvalue weighted by Gasteiger charge is 2.16. The van der Waals surface area contributed by atoms with Crippen LogP contribution in [0.5, 0.6) is 5.75 Å². The van der Waals surface area contributed by atoms with Gasteiger partial charge in [-0.1, -0.05) is 12.1 Å². The summed E-state index contributed by atoms with van der Waals surface area (Å²) >= 11 is 1.24. The molecule has 0 saturated heterocycles. The molecule has 0 fully saturated rings. The third-order valence-corrected chi connectivity index (χ3v) is 4.96. The molecular formula is C20H18N2O5S. The average molecular weight is 398 g/mol. The summed E-state index contributed by atoms with van der Waals surface area (Å²) in [6.07, 6.45) is 1.44. The second-order valence-corrected chi connectivity index (χ2v) is 6.95. The summed E-state index contributed by atoms with van der Waals surface area (Å²) in [7, 11) is 1.57. The maximum absolute atomic E-state index is 12.2. The fourth-order valence-electron chi connectivity index (χ4n) is 2.38. The van der Waals surface area contributed by atoms with Crippen molar-refractivity contribution < 1.29 is 23.5 Å². The van der Waals surface area contributed by atoms with Crippen LogP contribution in [0.1, 0.15) is 25.9 Å². The van der Waals surface area contributed by atoms with E-state index in [0.717, 1.165) is 10.4 Å². The molecule has 2 heterocycles. The summed E-state index contributed by atoms with van der Waals surface area (Å²) in [5, 5.41) is 5.10. The number of nitrogens with one attached hydrogen (secondary N) is 2. The minimum Gasteiger partial charge on any atom is -0.497 e. The van der Waals surface area contributed by atoms with Gasteiger partial charge >= 0.3 is 11.8 Å². The molecule has 0 aliphatic carbocycles. The number of furan rings is 1. The smallest absolute Gasteiger partial charge is 0.309 e. The van der Waals surface area contributed by atoms with Crippen molar-refractivity contribution in [3.05, 3.63) is 75.9 Å². The number of hydrogen-bond donors (Lipinski definition) is 2. The minimum atomic E-state index is -0.735. The molecule has 2 amide bonds. The predicted octanol–water partition coefficient (Wildman–Crippen LogP) is 2.51. The highest BCUT2D eigenvalue weighted by atomic mass is 32.1. The Balaban J connectivity index is 1.47. The maximum atomic E-state index is 12.2. The first-order valence-electron chi connectivity index (χ1n) is 8.42. The summed E-state index contributed by atoms with van der Waals surface area (Å²) in [5.41, 5.74) is 0.848. The van der Waals surface area contributed by atoms with Gasteiger partial charge in [0.05, 0.1) is 24.8 Å². The Labute approximate surface area is 165 Å². The standard InChI is InChI=1S/C20H18N2O5S/c1-26-14-6-4-13(5-7-14)11-21-19(24)20(25)22-12-15-8-9-17(28-15)18(23)16-3-2-10-27-16/h2-10H,11-12H2,1H3,(H,21,24)(H,22,25). The second-order valence-electron chi connectivity index (χ2n) is 5.79. The number of thiophene rings is 1. The van der Waals surface area contributed by atoms with Crippen molar-refractivity contribution in [2.24, 2.45) is 0 Å². The molecule has 0 bridgehead atoms. The lowest BCUT2D eigenvalue weighted by Gasteiger charge is -2.06. The van der Waals surface area contributed by atoms with E-state index >= 15 is 0 Å². The molecule has 8 heteroatoms. The van der Waals surface area contributed by atoms with Gasteiger partial charge in [0.25, 0.3) is 0 Å². The van der Waals surface area contributed by atoms with Crippen molar-refractivity contribution in [3.63, 3.8) is 0 Å². The molecular weight excluding hydrogens is 380 g/mol. The van der Waals surface area contributed by atoms with Gasteiger partial charge in [-0.15, -0.1) is 11.3 Å². The molecule has 0 aliphatic heterocycles. The lowest BCUT2D eigenvalue weighted by Crippen LogP contribution is -2.39. The maximum Gasteiger partial charge on any atom is 0.309 e. The van der Waals surface area contributed by atoms with Gasteiger partial charge < -0.3 is 19.8 Å². The SMILES string of the molecule is COc1ccc(CNC(=O)C(=O)NCc2ccc(C(=O)c3ccco3)s2)cc1. The van der Waals surface area contributed by atoms with E-state index in [-0.39, 0.29) is 24.6 Å². The number of carbonyl (C=O) groups excluding carboxylic acids is 3. The number of hydrogen-bond acceptors (Lipinski definition) is 6. The van der Waals surface area contributed by atoms with Gasteiger partial charge in [0.15, 0.2) is 5.76 Å². The van der Waals surface area contributed by atoms with Crippen molar-refractivity contribution in [2.45, 2.75) is 13.1 Å². The van der Waals surface area contributed by atoms with Crippen LogP contribution in [0.4, 0.5) is 0 Å². The molecule has 2 aromatic heterocycles. The molecule has 0 spiro atoms. The second kappa shape index (κ2) is 9.01. The van der Waals surface area contributed by atoms with E-state index in [2.05, 4.69) is 10.6 Å². The van der Waals surface area contributed by atoms with Crippen molar-refractivity contribution in [3.8, 4) is 5.75 Å². The number of rotatable bonds is 7. The molecule has 0 saturated carbocycles. The van der Waals surface area contributed by atoms with E-state index in [1.165, 1.54) is 17.6 Å². The van der Waals surface area contributed by atoms with Gasteiger partial charge in [0, 0.05) is 11.4 Å². The monoisotopic (exact) mass is 398 g/mol. The van der Waals surface area contributed by atoms with E-state index in [0.29, 0.717) is 10.6 Å². The average Bonchev–Trinajstić information content (AvgIpc) is 3.42. The zero-order valence-electron chi connectivity index (χ0n) is 15.1. The number of amides is 2. The van der Waals surface area contributed by atoms with Crippen LogP contribution >= 0.6 is 11.3 Å². The van der Waals surface area contributed by atoms with Crippen LogP contribution in [0.25, 0.3) is 0 Å². The van der Waals surface area contributed by atoms with Crippen molar-refractivity contribution in [2.75, 3.05) is 7.11 Å². The Bertz CT molecular complexity index is 961. The normalized spacial score (nSPS) is 10.3. The van der Waals surface area contributed by atoms with E-state index in [9.17, 15) is 14.4 Å². The van der Waals surface area contributed by atoms with Gasteiger partial charge in [-0.25, -0.2) is 0 Å². The van der Waals surface area contributed by atoms with Crippen LogP contribution in [0, 0.1) is 0 Å². The Morgan fingerprint density at radius 3 is 2.32 bits per heavy atom. The molecule has 2 N–H and O–H groups in total. The molecule has 144 valence electrons. The topological polar surface area (TPSA) is 97.6 Å². The zero-order valence-corrected chi connectivity index (χ0v) is 15.9. The quantitative estimate of drug-likeness (QED) is 0.471. The molecule has 0 aliphatic rings. The third kappa shape index (κ3) is 4.86. The van der Waals surface area contributed by atoms with Crippen molar-refractivity contribution >= 4 is 28.9 Å². The van der Waals surface area contributed by atoms with Crippen LogP contribution in [0.15, 0.2) is 59.2 Å². The Kier molecular flexibility index (Phi) is 6.23. The van der Waals surface area contributed by atoms with Gasteiger partial charge in [0.2, 0.25) is 5.78 Å². The summed E-state index contributed by atoms with van der Waals surface area (Å²) < 4.78 is 10.2. The summed E-state index contributed by atoms with van der Waals surface area (Å²) in [6, 6.07) is 13.8. The van der Waals surface area contributed by atoms with Crippen LogP contribution in [-0.2, 0) is 22.7 Å². The van der Waals surface area contributed by atoms with Gasteiger partial charge in [-0.05, 0) is 42.0 Å². The zero-order chi connectivity index (χ0) is 19.9. The molecule has 7 nitrogen and oxygen atoms in total. The van der Waals surface area contributed by atoms with E-state index < -0.39 is 11.8 Å². The highest BCUT2D eigenvalue weighted by Crippen LogP contribution is 2.20. The summed E-state index contributed by atoms with van der Waals surface area (Å²) in [4.78, 5) is 37.3. The Morgan fingerprint density at radius 2 is 1.68 bits per heavy atom. The van der Waals surface area contributed by atoms with Crippen molar-refractivity contribution in [1.29, 1.82) is 0 Å². The first kappa shape index (κ1) is 19.4. The largest absolute Gasteiger partial charge is 0.497 e. The Hall–Kier alpha value is -3.39. The fourth-order valence-corrected chi connectivity index (χ4v) is 3.27.